The predicted molar refractivity (Wildman–Crippen MR) is 129 cm³/mol. The van der Waals surface area contributed by atoms with Gasteiger partial charge in [-0.25, -0.2) is 14.2 Å². The van der Waals surface area contributed by atoms with Crippen molar-refractivity contribution in [2.24, 2.45) is 0 Å². The first-order chi connectivity index (χ1) is 16.5. The van der Waals surface area contributed by atoms with Gasteiger partial charge in [-0.15, -0.1) is 22.7 Å². The monoisotopic (exact) mass is 494 g/mol. The Morgan fingerprint density at radius 1 is 1.15 bits per heavy atom. The van der Waals surface area contributed by atoms with Crippen LogP contribution < -0.4 is 10.9 Å². The zero-order chi connectivity index (χ0) is 23.8. The first kappa shape index (κ1) is 21.9. The molecule has 0 atom stereocenters. The van der Waals surface area contributed by atoms with E-state index < -0.39 is 23.3 Å². The lowest BCUT2D eigenvalue weighted by atomic mass is 10.2. The largest absolute Gasteiger partial charge is 0.461 e. The van der Waals surface area contributed by atoms with Crippen molar-refractivity contribution >= 4 is 60.5 Å². The summed E-state index contributed by atoms with van der Waals surface area (Å²) < 4.78 is 20.4. The quantitative estimate of drug-likeness (QED) is 0.358. The van der Waals surface area contributed by atoms with Crippen molar-refractivity contribution in [1.82, 2.24) is 14.8 Å². The smallest absolute Gasteiger partial charge is 0.359 e. The Morgan fingerprint density at radius 3 is 2.65 bits per heavy atom. The summed E-state index contributed by atoms with van der Waals surface area (Å²) in [5.74, 6) is -1.68. The second-order valence-corrected chi connectivity index (χ2v) is 8.97. The maximum absolute atomic E-state index is 13.4. The van der Waals surface area contributed by atoms with Gasteiger partial charge in [-0.2, -0.15) is 9.78 Å². The molecule has 0 saturated carbocycles. The van der Waals surface area contributed by atoms with Crippen LogP contribution in [-0.2, 0) is 4.74 Å². The number of para-hydroxylation sites is 1. The number of hydrogen-bond acceptors (Lipinski definition) is 8. The van der Waals surface area contributed by atoms with E-state index in [1.807, 2.05) is 24.3 Å². The second kappa shape index (κ2) is 8.76. The number of halogens is 1. The summed E-state index contributed by atoms with van der Waals surface area (Å²) in [7, 11) is 0. The standard InChI is InChI=1S/C23H15FN4O4S2/c1-2-32-23(31)18-14-11-33-20(26-19(29)21-25-15-5-3-4-6-16(15)34-21)17(14)22(30)28(27-18)13-9-7-12(24)8-10-13/h3-11H,2H2,1H3,(H,26,29). The van der Waals surface area contributed by atoms with E-state index in [0.717, 1.165) is 20.7 Å². The Bertz CT molecular complexity index is 1590. The number of nitrogens with one attached hydrogen (secondary N) is 1. The topological polar surface area (TPSA) is 103 Å². The van der Waals surface area contributed by atoms with E-state index in [0.29, 0.717) is 5.52 Å². The molecule has 0 aliphatic heterocycles. The number of esters is 1. The normalized spacial score (nSPS) is 11.1. The third kappa shape index (κ3) is 3.84. The second-order valence-electron chi connectivity index (χ2n) is 7.06. The van der Waals surface area contributed by atoms with Gasteiger partial charge in [-0.05, 0) is 43.3 Å². The van der Waals surface area contributed by atoms with E-state index in [9.17, 15) is 18.8 Å². The van der Waals surface area contributed by atoms with Gasteiger partial charge in [0.25, 0.3) is 11.5 Å². The lowest BCUT2D eigenvalue weighted by molar-refractivity contribution is 0.0520. The van der Waals surface area contributed by atoms with E-state index in [2.05, 4.69) is 15.4 Å². The molecular weight excluding hydrogens is 479 g/mol. The molecule has 0 unspecified atom stereocenters. The van der Waals surface area contributed by atoms with Gasteiger partial charge in [-0.1, -0.05) is 12.1 Å². The minimum absolute atomic E-state index is 0.0856. The highest BCUT2D eigenvalue weighted by atomic mass is 32.1. The number of thiazole rings is 1. The molecule has 0 fully saturated rings. The van der Waals surface area contributed by atoms with Crippen LogP contribution in [0.4, 0.5) is 9.39 Å². The molecule has 11 heteroatoms. The number of hydrogen-bond donors (Lipinski definition) is 1. The van der Waals surface area contributed by atoms with Crippen molar-refractivity contribution in [3.8, 4) is 5.69 Å². The maximum Gasteiger partial charge on any atom is 0.359 e. The molecule has 0 aliphatic carbocycles. The van der Waals surface area contributed by atoms with Crippen LogP contribution in [0.25, 0.3) is 26.7 Å². The van der Waals surface area contributed by atoms with Crippen LogP contribution in [-0.4, -0.2) is 33.2 Å². The van der Waals surface area contributed by atoms with Crippen molar-refractivity contribution in [1.29, 1.82) is 0 Å². The van der Waals surface area contributed by atoms with Gasteiger partial charge >= 0.3 is 5.97 Å². The Balaban J connectivity index is 1.63. The summed E-state index contributed by atoms with van der Waals surface area (Å²) >= 11 is 2.32. The number of aromatic nitrogens is 3. The van der Waals surface area contributed by atoms with Crippen molar-refractivity contribution in [3.63, 3.8) is 0 Å². The fraction of sp³-hybridized carbons (Fsp3) is 0.0870. The number of amides is 1. The van der Waals surface area contributed by atoms with Gasteiger partial charge < -0.3 is 10.1 Å². The maximum atomic E-state index is 13.4. The number of fused-ring (bicyclic) bond motifs is 2. The van der Waals surface area contributed by atoms with Crippen LogP contribution in [0.3, 0.4) is 0 Å². The minimum atomic E-state index is -0.717. The fourth-order valence-corrected chi connectivity index (χ4v) is 5.17. The summed E-state index contributed by atoms with van der Waals surface area (Å²) in [5, 5.41) is 9.34. The van der Waals surface area contributed by atoms with E-state index in [1.54, 1.807) is 12.3 Å². The zero-order valence-electron chi connectivity index (χ0n) is 17.6. The molecule has 170 valence electrons. The molecule has 3 aromatic heterocycles. The van der Waals surface area contributed by atoms with Gasteiger partial charge in [0.2, 0.25) is 0 Å². The predicted octanol–water partition coefficient (Wildman–Crippen LogP) is 4.63. The molecule has 5 aromatic rings. The molecule has 0 radical (unpaired) electrons. The van der Waals surface area contributed by atoms with Crippen molar-refractivity contribution < 1.29 is 18.7 Å². The van der Waals surface area contributed by atoms with Crippen LogP contribution in [0.1, 0.15) is 27.2 Å². The minimum Gasteiger partial charge on any atom is -0.461 e. The molecular formula is C23H15FN4O4S2. The van der Waals surface area contributed by atoms with Crippen LogP contribution in [0.2, 0.25) is 0 Å². The summed E-state index contributed by atoms with van der Waals surface area (Å²) in [5.41, 5.74) is 0.294. The molecule has 1 N–H and O–H groups in total. The van der Waals surface area contributed by atoms with Crippen molar-refractivity contribution in [2.45, 2.75) is 6.92 Å². The number of ether oxygens (including phenoxy) is 1. The summed E-state index contributed by atoms with van der Waals surface area (Å²) in [4.78, 5) is 43.3. The number of anilines is 1. The third-order valence-corrected chi connectivity index (χ3v) is 6.84. The third-order valence-electron chi connectivity index (χ3n) is 4.91. The van der Waals surface area contributed by atoms with Crippen molar-refractivity contribution in [2.75, 3.05) is 11.9 Å². The molecule has 34 heavy (non-hydrogen) atoms. The lowest BCUT2D eigenvalue weighted by Gasteiger charge is -2.09. The number of carbonyl (C=O) groups is 2. The Morgan fingerprint density at radius 2 is 1.91 bits per heavy atom. The van der Waals surface area contributed by atoms with Crippen LogP contribution in [0.15, 0.2) is 58.7 Å². The Labute approximate surface area is 199 Å². The first-order valence-corrected chi connectivity index (χ1v) is 11.8. The van der Waals surface area contributed by atoms with Gasteiger partial charge in [0, 0.05) is 10.8 Å². The number of thiophene rings is 1. The number of benzene rings is 2. The molecule has 5 rings (SSSR count). The molecule has 3 heterocycles. The molecule has 0 spiro atoms. The van der Waals surface area contributed by atoms with Gasteiger partial charge in [0.05, 0.1) is 27.9 Å². The van der Waals surface area contributed by atoms with Gasteiger partial charge in [0.1, 0.15) is 10.8 Å². The average Bonchev–Trinajstić information content (AvgIpc) is 3.45. The lowest BCUT2D eigenvalue weighted by Crippen LogP contribution is -2.25. The fourth-order valence-electron chi connectivity index (χ4n) is 3.38. The van der Waals surface area contributed by atoms with Crippen LogP contribution in [0.5, 0.6) is 0 Å². The summed E-state index contributed by atoms with van der Waals surface area (Å²) in [6.45, 7) is 1.77. The van der Waals surface area contributed by atoms with E-state index in [4.69, 9.17) is 4.74 Å². The van der Waals surface area contributed by atoms with E-state index in [1.165, 1.54) is 35.6 Å². The zero-order valence-corrected chi connectivity index (χ0v) is 19.2. The molecule has 1 amide bonds. The van der Waals surface area contributed by atoms with E-state index in [-0.39, 0.29) is 38.8 Å². The van der Waals surface area contributed by atoms with Crippen LogP contribution in [0, 0.1) is 5.82 Å². The number of nitrogens with zero attached hydrogens (tertiary/aromatic N) is 3. The van der Waals surface area contributed by atoms with Gasteiger partial charge in [-0.3, -0.25) is 9.59 Å². The van der Waals surface area contributed by atoms with Crippen LogP contribution >= 0.6 is 22.7 Å². The average molecular weight is 495 g/mol. The highest BCUT2D eigenvalue weighted by Gasteiger charge is 2.24. The number of carbonyl (C=O) groups excluding carboxylic acids is 2. The highest BCUT2D eigenvalue weighted by molar-refractivity contribution is 7.20. The Kier molecular flexibility index (Phi) is 5.64. The first-order valence-electron chi connectivity index (χ1n) is 10.1. The highest BCUT2D eigenvalue weighted by Crippen LogP contribution is 2.32. The number of rotatable bonds is 5. The van der Waals surface area contributed by atoms with Gasteiger partial charge in [0.15, 0.2) is 10.7 Å². The summed E-state index contributed by atoms with van der Waals surface area (Å²) in [6.07, 6.45) is 0. The molecule has 0 bridgehead atoms. The molecule has 0 saturated heterocycles. The molecule has 8 nitrogen and oxygen atoms in total. The molecule has 0 aliphatic rings. The Hall–Kier alpha value is -3.96. The van der Waals surface area contributed by atoms with Crippen molar-refractivity contribution in [3.05, 3.63) is 80.8 Å². The molecule has 2 aromatic carbocycles. The SMILES string of the molecule is CCOC(=O)c1nn(-c2ccc(F)cc2)c(=O)c2c(NC(=O)c3nc4ccccc4s3)scc12. The van der Waals surface area contributed by atoms with E-state index >= 15 is 0 Å². The summed E-state index contributed by atoms with van der Waals surface area (Å²) in [6, 6.07) is 12.5.